The largest absolute Gasteiger partial charge is 0.493 e. The first-order valence-corrected chi connectivity index (χ1v) is 11.8. The van der Waals surface area contributed by atoms with Crippen LogP contribution in [0, 0.1) is 0 Å². The third-order valence-corrected chi connectivity index (χ3v) is 6.58. The summed E-state index contributed by atoms with van der Waals surface area (Å²) in [7, 11) is 4.63. The molecule has 1 saturated heterocycles. The molecule has 9 nitrogen and oxygen atoms in total. The van der Waals surface area contributed by atoms with Crippen molar-refractivity contribution < 1.29 is 23.4 Å². The van der Waals surface area contributed by atoms with Crippen LogP contribution in [0.3, 0.4) is 0 Å². The first-order chi connectivity index (χ1) is 16.5. The molecular weight excluding hydrogens is 456 g/mol. The van der Waals surface area contributed by atoms with Gasteiger partial charge in [0.2, 0.25) is 17.5 Å². The van der Waals surface area contributed by atoms with Gasteiger partial charge in [-0.2, -0.15) is 0 Å². The maximum Gasteiger partial charge on any atom is 0.277 e. The number of aromatic nitrogens is 2. The maximum atomic E-state index is 13.0. The zero-order chi connectivity index (χ0) is 24.1. The number of para-hydroxylation sites is 1. The number of carbonyl (C=O) groups is 1. The first kappa shape index (κ1) is 23.7. The molecule has 2 heterocycles. The van der Waals surface area contributed by atoms with Crippen molar-refractivity contribution in [2.24, 2.45) is 0 Å². The van der Waals surface area contributed by atoms with Gasteiger partial charge in [-0.1, -0.05) is 30.0 Å². The fourth-order valence-corrected chi connectivity index (χ4v) is 4.63. The summed E-state index contributed by atoms with van der Waals surface area (Å²) in [6.45, 7) is 4.83. The van der Waals surface area contributed by atoms with Gasteiger partial charge in [0, 0.05) is 37.4 Å². The van der Waals surface area contributed by atoms with E-state index in [2.05, 4.69) is 27.2 Å². The average molecular weight is 485 g/mol. The standard InChI is InChI=1S/C24H28N4O5S/c1-16(23(29)28-12-10-27(11-13-28)18-8-6-5-7-9-18)34-24-26-25-22(33-24)17-14-19(30-2)21(32-4)20(15-17)31-3/h5-9,14-16H,10-13H2,1-4H3. The van der Waals surface area contributed by atoms with Crippen LogP contribution >= 0.6 is 11.8 Å². The quantitative estimate of drug-likeness (QED) is 0.445. The van der Waals surface area contributed by atoms with Crippen LogP contribution in [0.25, 0.3) is 11.5 Å². The molecular formula is C24H28N4O5S. The van der Waals surface area contributed by atoms with Gasteiger partial charge in [0.05, 0.1) is 26.6 Å². The number of ether oxygens (including phenoxy) is 3. The molecule has 1 aliphatic rings. The van der Waals surface area contributed by atoms with Crippen LogP contribution in [-0.2, 0) is 4.79 Å². The minimum Gasteiger partial charge on any atom is -0.493 e. The van der Waals surface area contributed by atoms with Gasteiger partial charge in [0.25, 0.3) is 5.22 Å². The van der Waals surface area contributed by atoms with Gasteiger partial charge < -0.3 is 28.4 Å². The molecule has 180 valence electrons. The topological polar surface area (TPSA) is 90.2 Å². The highest BCUT2D eigenvalue weighted by molar-refractivity contribution is 8.00. The molecule has 34 heavy (non-hydrogen) atoms. The summed E-state index contributed by atoms with van der Waals surface area (Å²) in [5, 5.41) is 8.24. The molecule has 0 saturated carbocycles. The third-order valence-electron chi connectivity index (χ3n) is 5.66. The Hall–Kier alpha value is -3.40. The van der Waals surface area contributed by atoms with Crippen LogP contribution in [0.2, 0.25) is 0 Å². The van der Waals surface area contributed by atoms with Crippen molar-refractivity contribution in [3.63, 3.8) is 0 Å². The molecule has 1 unspecified atom stereocenters. The molecule has 1 fully saturated rings. The lowest BCUT2D eigenvalue weighted by molar-refractivity contribution is -0.130. The van der Waals surface area contributed by atoms with Crippen molar-refractivity contribution >= 4 is 23.4 Å². The number of nitrogens with zero attached hydrogens (tertiary/aromatic N) is 4. The van der Waals surface area contributed by atoms with Crippen molar-refractivity contribution in [2.75, 3.05) is 52.4 Å². The second kappa shape index (κ2) is 10.7. The van der Waals surface area contributed by atoms with Crippen molar-refractivity contribution in [1.82, 2.24) is 15.1 Å². The number of thioether (sulfide) groups is 1. The van der Waals surface area contributed by atoms with Crippen LogP contribution < -0.4 is 19.1 Å². The Morgan fingerprint density at radius 2 is 1.62 bits per heavy atom. The Morgan fingerprint density at radius 3 is 2.21 bits per heavy atom. The number of carbonyl (C=O) groups excluding carboxylic acids is 1. The number of piperazine rings is 1. The normalized spacial score (nSPS) is 14.6. The number of hydrogen-bond donors (Lipinski definition) is 0. The molecule has 0 spiro atoms. The number of methoxy groups -OCH3 is 3. The van der Waals surface area contributed by atoms with E-state index in [1.807, 2.05) is 30.0 Å². The fourth-order valence-electron chi connectivity index (χ4n) is 3.86. The second-order valence-corrected chi connectivity index (χ2v) is 8.99. The summed E-state index contributed by atoms with van der Waals surface area (Å²) in [6.07, 6.45) is 0. The molecule has 1 atom stereocenters. The molecule has 4 rings (SSSR count). The monoisotopic (exact) mass is 484 g/mol. The summed E-state index contributed by atoms with van der Waals surface area (Å²) in [5.41, 5.74) is 1.81. The van der Waals surface area contributed by atoms with Gasteiger partial charge in [-0.25, -0.2) is 0 Å². The van der Waals surface area contributed by atoms with Crippen molar-refractivity contribution in [2.45, 2.75) is 17.4 Å². The van der Waals surface area contributed by atoms with E-state index < -0.39 is 0 Å². The highest BCUT2D eigenvalue weighted by Crippen LogP contribution is 2.41. The highest BCUT2D eigenvalue weighted by Gasteiger charge is 2.27. The van der Waals surface area contributed by atoms with E-state index in [1.54, 1.807) is 33.5 Å². The van der Waals surface area contributed by atoms with Crippen LogP contribution in [0.15, 0.2) is 52.1 Å². The SMILES string of the molecule is COc1cc(-c2nnc(SC(C)C(=O)N3CCN(c4ccccc4)CC3)o2)cc(OC)c1OC. The summed E-state index contributed by atoms with van der Waals surface area (Å²) >= 11 is 1.25. The van der Waals surface area contributed by atoms with Gasteiger partial charge in [0.15, 0.2) is 11.5 Å². The number of benzene rings is 2. The summed E-state index contributed by atoms with van der Waals surface area (Å²) in [5.74, 6) is 1.82. The molecule has 0 radical (unpaired) electrons. The van der Waals surface area contributed by atoms with Gasteiger partial charge in [0.1, 0.15) is 0 Å². The number of anilines is 1. The smallest absolute Gasteiger partial charge is 0.277 e. The summed E-state index contributed by atoms with van der Waals surface area (Å²) in [6, 6.07) is 13.7. The summed E-state index contributed by atoms with van der Waals surface area (Å²) in [4.78, 5) is 17.2. The first-order valence-electron chi connectivity index (χ1n) is 10.9. The Bertz CT molecular complexity index is 1090. The number of amides is 1. The lowest BCUT2D eigenvalue weighted by atomic mass is 10.2. The minimum atomic E-state index is -0.350. The highest BCUT2D eigenvalue weighted by atomic mass is 32.2. The molecule has 1 amide bonds. The molecule has 2 aromatic carbocycles. The van der Waals surface area contributed by atoms with Crippen molar-refractivity contribution in [3.8, 4) is 28.7 Å². The maximum absolute atomic E-state index is 13.0. The predicted octanol–water partition coefficient (Wildman–Crippen LogP) is 3.59. The van der Waals surface area contributed by atoms with Crippen LogP contribution in [0.5, 0.6) is 17.2 Å². The summed E-state index contributed by atoms with van der Waals surface area (Å²) < 4.78 is 22.0. The Balaban J connectivity index is 1.39. The van der Waals surface area contributed by atoms with E-state index in [0.29, 0.717) is 47.0 Å². The van der Waals surface area contributed by atoms with Gasteiger partial charge >= 0.3 is 0 Å². The van der Waals surface area contributed by atoms with E-state index in [4.69, 9.17) is 18.6 Å². The van der Waals surface area contributed by atoms with Gasteiger partial charge in [-0.05, 0) is 31.2 Å². The van der Waals surface area contributed by atoms with Crippen molar-refractivity contribution in [3.05, 3.63) is 42.5 Å². The number of rotatable bonds is 8. The van der Waals surface area contributed by atoms with Crippen LogP contribution in [0.1, 0.15) is 6.92 Å². The zero-order valence-corrected chi connectivity index (χ0v) is 20.5. The van der Waals surface area contributed by atoms with Gasteiger partial charge in [-0.3, -0.25) is 4.79 Å². The number of hydrogen-bond acceptors (Lipinski definition) is 9. The molecule has 1 aliphatic heterocycles. The predicted molar refractivity (Wildman–Crippen MR) is 130 cm³/mol. The lowest BCUT2D eigenvalue weighted by Crippen LogP contribution is -2.50. The molecule has 0 aliphatic carbocycles. The molecule has 1 aromatic heterocycles. The van der Waals surface area contributed by atoms with Crippen LogP contribution in [-0.4, -0.2) is 73.8 Å². The Labute approximate surface area is 203 Å². The second-order valence-electron chi connectivity index (χ2n) is 7.70. The van der Waals surface area contributed by atoms with Crippen LogP contribution in [0.4, 0.5) is 5.69 Å². The Kier molecular flexibility index (Phi) is 7.46. The molecule has 10 heteroatoms. The lowest BCUT2D eigenvalue weighted by Gasteiger charge is -2.37. The zero-order valence-electron chi connectivity index (χ0n) is 19.7. The Morgan fingerprint density at radius 1 is 0.971 bits per heavy atom. The third kappa shape index (κ3) is 5.06. The average Bonchev–Trinajstić information content (AvgIpc) is 3.36. The minimum absolute atomic E-state index is 0.0604. The van der Waals surface area contributed by atoms with E-state index in [0.717, 1.165) is 13.1 Å². The van der Waals surface area contributed by atoms with E-state index in [1.165, 1.54) is 17.4 Å². The fraction of sp³-hybridized carbons (Fsp3) is 0.375. The van der Waals surface area contributed by atoms with Crippen molar-refractivity contribution in [1.29, 1.82) is 0 Å². The van der Waals surface area contributed by atoms with E-state index >= 15 is 0 Å². The van der Waals surface area contributed by atoms with E-state index in [9.17, 15) is 4.79 Å². The molecule has 0 bridgehead atoms. The molecule has 0 N–H and O–H groups in total. The van der Waals surface area contributed by atoms with E-state index in [-0.39, 0.29) is 11.2 Å². The van der Waals surface area contributed by atoms with Gasteiger partial charge in [-0.15, -0.1) is 10.2 Å². The molecule has 3 aromatic rings.